The third-order valence-corrected chi connectivity index (χ3v) is 2.67. The van der Waals surface area contributed by atoms with Crippen molar-refractivity contribution in [1.29, 1.82) is 0 Å². The van der Waals surface area contributed by atoms with Crippen LogP contribution >= 0.6 is 0 Å². The third kappa shape index (κ3) is 2.23. The Morgan fingerprint density at radius 2 is 2.42 bits per heavy atom. The minimum atomic E-state index is 0.648. The number of nitrogens with one attached hydrogen (secondary N) is 1. The van der Waals surface area contributed by atoms with Crippen molar-refractivity contribution in [3.63, 3.8) is 0 Å². The van der Waals surface area contributed by atoms with E-state index in [4.69, 9.17) is 0 Å². The Hall–Kier alpha value is -0.530. The smallest absolute Gasteiger partial charge is 0.0965 e. The van der Waals surface area contributed by atoms with Crippen LogP contribution < -0.4 is 5.32 Å². The molecule has 2 heteroatoms. The Bertz CT molecular complexity index is 182. The quantitative estimate of drug-likeness (QED) is 0.681. The molecule has 1 atom stereocenters. The van der Waals surface area contributed by atoms with E-state index in [9.17, 15) is 0 Å². The van der Waals surface area contributed by atoms with Crippen molar-refractivity contribution in [2.45, 2.75) is 45.1 Å². The molecule has 12 heavy (non-hydrogen) atoms. The molecule has 1 unspecified atom stereocenters. The molecule has 0 spiro atoms. The molecule has 0 aromatic carbocycles. The molecule has 0 bridgehead atoms. The molecule has 0 aromatic rings. The molecular formula is C10H18N2. The van der Waals surface area contributed by atoms with Crippen molar-refractivity contribution in [3.8, 4) is 0 Å². The van der Waals surface area contributed by atoms with Crippen molar-refractivity contribution < 1.29 is 0 Å². The van der Waals surface area contributed by atoms with Gasteiger partial charge in [-0.05, 0) is 25.7 Å². The van der Waals surface area contributed by atoms with Gasteiger partial charge in [0.25, 0.3) is 0 Å². The molecule has 1 saturated carbocycles. The van der Waals surface area contributed by atoms with Crippen LogP contribution in [0.5, 0.6) is 0 Å². The van der Waals surface area contributed by atoms with Gasteiger partial charge in [-0.25, -0.2) is 0 Å². The van der Waals surface area contributed by atoms with E-state index >= 15 is 0 Å². The number of hydrogen-bond donors (Lipinski definition) is 1. The maximum absolute atomic E-state index is 4.41. The van der Waals surface area contributed by atoms with Gasteiger partial charge in [0.15, 0.2) is 0 Å². The van der Waals surface area contributed by atoms with Crippen LogP contribution in [-0.4, -0.2) is 18.4 Å². The van der Waals surface area contributed by atoms with Crippen molar-refractivity contribution in [2.24, 2.45) is 10.9 Å². The number of rotatable bonds is 3. The van der Waals surface area contributed by atoms with Gasteiger partial charge in [0.1, 0.15) is 0 Å². The zero-order valence-electron chi connectivity index (χ0n) is 7.84. The zero-order valence-corrected chi connectivity index (χ0v) is 7.84. The monoisotopic (exact) mass is 166 g/mol. The van der Waals surface area contributed by atoms with E-state index in [2.05, 4.69) is 17.2 Å². The second kappa shape index (κ2) is 3.46. The molecule has 68 valence electrons. The van der Waals surface area contributed by atoms with Crippen molar-refractivity contribution >= 4 is 5.84 Å². The summed E-state index contributed by atoms with van der Waals surface area (Å²) in [6.07, 6.45) is 6.68. The molecule has 0 aromatic heterocycles. The van der Waals surface area contributed by atoms with Gasteiger partial charge in [0.2, 0.25) is 0 Å². The van der Waals surface area contributed by atoms with Gasteiger partial charge < -0.3 is 5.32 Å². The normalized spacial score (nSPS) is 25.2. The van der Waals surface area contributed by atoms with Crippen LogP contribution in [0.25, 0.3) is 0 Å². The predicted octanol–water partition coefficient (Wildman–Crippen LogP) is 1.96. The van der Waals surface area contributed by atoms with Crippen LogP contribution in [0.2, 0.25) is 0 Å². The minimum Gasteiger partial charge on any atom is -0.371 e. The minimum absolute atomic E-state index is 0.648. The Morgan fingerprint density at radius 3 is 3.00 bits per heavy atom. The fourth-order valence-corrected chi connectivity index (χ4v) is 1.85. The lowest BCUT2D eigenvalue weighted by Crippen LogP contribution is -2.31. The van der Waals surface area contributed by atoms with E-state index in [1.165, 1.54) is 37.9 Å². The molecule has 1 aliphatic heterocycles. The second-order valence-corrected chi connectivity index (χ2v) is 4.16. The van der Waals surface area contributed by atoms with Crippen molar-refractivity contribution in [3.05, 3.63) is 0 Å². The summed E-state index contributed by atoms with van der Waals surface area (Å²) in [5.41, 5.74) is 0. The maximum Gasteiger partial charge on any atom is 0.0965 e. The average molecular weight is 166 g/mol. The highest BCUT2D eigenvalue weighted by atomic mass is 15.0. The Morgan fingerprint density at radius 1 is 1.58 bits per heavy atom. The first-order valence-corrected chi connectivity index (χ1v) is 5.14. The molecule has 2 rings (SSSR count). The summed E-state index contributed by atoms with van der Waals surface area (Å²) in [6, 6.07) is 0.648. The van der Waals surface area contributed by atoms with Gasteiger partial charge >= 0.3 is 0 Å². The highest BCUT2D eigenvalue weighted by Crippen LogP contribution is 2.33. The largest absolute Gasteiger partial charge is 0.371 e. The van der Waals surface area contributed by atoms with Crippen LogP contribution in [0.1, 0.15) is 39.0 Å². The fourth-order valence-electron chi connectivity index (χ4n) is 1.85. The second-order valence-electron chi connectivity index (χ2n) is 4.16. The third-order valence-electron chi connectivity index (χ3n) is 2.67. The molecule has 1 fully saturated rings. The number of nitrogens with zero attached hydrogens (tertiary/aromatic N) is 1. The lowest BCUT2D eigenvalue weighted by molar-refractivity contribution is 0.560. The summed E-state index contributed by atoms with van der Waals surface area (Å²) in [6.45, 7) is 3.32. The number of amidine groups is 1. The van der Waals surface area contributed by atoms with Crippen LogP contribution in [0, 0.1) is 5.92 Å². The average Bonchev–Trinajstić information content (AvgIpc) is 2.66. The first kappa shape index (κ1) is 8.09. The van der Waals surface area contributed by atoms with Crippen molar-refractivity contribution in [2.75, 3.05) is 6.54 Å². The first-order chi connectivity index (χ1) is 5.84. The molecule has 2 nitrogen and oxygen atoms in total. The van der Waals surface area contributed by atoms with E-state index in [0.717, 1.165) is 12.5 Å². The molecule has 0 amide bonds. The summed E-state index contributed by atoms with van der Waals surface area (Å²) in [5, 5.41) is 3.50. The molecule has 1 aliphatic carbocycles. The molecule has 0 radical (unpaired) electrons. The van der Waals surface area contributed by atoms with E-state index in [0.29, 0.717) is 6.04 Å². The lowest BCUT2D eigenvalue weighted by Gasteiger charge is -2.13. The predicted molar refractivity (Wildman–Crippen MR) is 51.5 cm³/mol. The zero-order chi connectivity index (χ0) is 8.39. The SMILES string of the molecule is CC(CC1CC1)NC1=NCCC1. The molecular weight excluding hydrogens is 148 g/mol. The standard InChI is InChI=1S/C10H18N2/c1-8(7-9-4-5-9)12-10-3-2-6-11-10/h8-9H,2-7H2,1H3,(H,11,12). The maximum atomic E-state index is 4.41. The Labute approximate surface area is 74.5 Å². The summed E-state index contributed by atoms with van der Waals surface area (Å²) >= 11 is 0. The van der Waals surface area contributed by atoms with Crippen LogP contribution in [0.15, 0.2) is 4.99 Å². The van der Waals surface area contributed by atoms with Gasteiger partial charge in [0.05, 0.1) is 5.84 Å². The summed E-state index contributed by atoms with van der Waals surface area (Å²) in [7, 11) is 0. The summed E-state index contributed by atoms with van der Waals surface area (Å²) in [5.74, 6) is 2.28. The first-order valence-electron chi connectivity index (χ1n) is 5.14. The van der Waals surface area contributed by atoms with E-state index < -0.39 is 0 Å². The summed E-state index contributed by atoms with van der Waals surface area (Å²) < 4.78 is 0. The summed E-state index contributed by atoms with van der Waals surface area (Å²) in [4.78, 5) is 4.41. The van der Waals surface area contributed by atoms with Gasteiger partial charge in [0, 0.05) is 19.0 Å². The van der Waals surface area contributed by atoms with Crippen molar-refractivity contribution in [1.82, 2.24) is 5.32 Å². The van der Waals surface area contributed by atoms with Crippen LogP contribution in [0.4, 0.5) is 0 Å². The molecule has 1 N–H and O–H groups in total. The van der Waals surface area contributed by atoms with Crippen LogP contribution in [0.3, 0.4) is 0 Å². The Kier molecular flexibility index (Phi) is 2.33. The van der Waals surface area contributed by atoms with Gasteiger partial charge in [-0.1, -0.05) is 12.8 Å². The van der Waals surface area contributed by atoms with Crippen LogP contribution in [-0.2, 0) is 0 Å². The molecule has 0 saturated heterocycles. The molecule has 1 heterocycles. The highest BCUT2D eigenvalue weighted by molar-refractivity contribution is 5.83. The number of hydrogen-bond acceptors (Lipinski definition) is 2. The highest BCUT2D eigenvalue weighted by Gasteiger charge is 2.23. The van der Waals surface area contributed by atoms with Gasteiger partial charge in [-0.3, -0.25) is 4.99 Å². The fraction of sp³-hybridized carbons (Fsp3) is 0.900. The lowest BCUT2D eigenvalue weighted by atomic mass is 10.1. The van der Waals surface area contributed by atoms with Gasteiger partial charge in [-0.2, -0.15) is 0 Å². The Balaban J connectivity index is 1.69. The topological polar surface area (TPSA) is 24.4 Å². The van der Waals surface area contributed by atoms with Gasteiger partial charge in [-0.15, -0.1) is 0 Å². The van der Waals surface area contributed by atoms with E-state index in [-0.39, 0.29) is 0 Å². The molecule has 2 aliphatic rings. The number of aliphatic imine (C=N–C) groups is 1. The van der Waals surface area contributed by atoms with E-state index in [1.54, 1.807) is 0 Å². The van der Waals surface area contributed by atoms with E-state index in [1.807, 2.05) is 0 Å².